The molecule has 4 atom stereocenters. The number of aryl methyl sites for hydroxylation is 2. The normalized spacial score (nSPS) is 37.2. The van der Waals surface area contributed by atoms with E-state index in [0.29, 0.717) is 24.3 Å². The molecule has 1 aromatic carbocycles. The lowest BCUT2D eigenvalue weighted by Crippen LogP contribution is -2.39. The van der Waals surface area contributed by atoms with Crippen LogP contribution < -0.4 is 5.32 Å². The van der Waals surface area contributed by atoms with Crippen LogP contribution >= 0.6 is 0 Å². The third kappa shape index (κ3) is 1.70. The molecule has 1 aromatic rings. The second-order valence-corrected chi connectivity index (χ2v) is 6.18. The summed E-state index contributed by atoms with van der Waals surface area (Å²) in [7, 11) is 0. The Balaban J connectivity index is 1.53. The summed E-state index contributed by atoms with van der Waals surface area (Å²) in [6.45, 7) is 2.19. The van der Waals surface area contributed by atoms with Gasteiger partial charge in [-0.1, -0.05) is 23.8 Å². The fourth-order valence-electron chi connectivity index (χ4n) is 3.97. The van der Waals surface area contributed by atoms with Crippen LogP contribution in [-0.2, 0) is 11.2 Å². The van der Waals surface area contributed by atoms with E-state index in [1.54, 1.807) is 5.56 Å². The first-order valence-electron chi connectivity index (χ1n) is 7.30. The van der Waals surface area contributed by atoms with Crippen molar-refractivity contribution in [2.24, 2.45) is 0 Å². The highest BCUT2D eigenvalue weighted by atomic mass is 16.5. The number of rotatable bonds is 2. The summed E-state index contributed by atoms with van der Waals surface area (Å²) in [5, 5.41) is 3.87. The van der Waals surface area contributed by atoms with Crippen LogP contribution in [0, 0.1) is 6.92 Å². The predicted octanol–water partition coefficient (Wildman–Crippen LogP) is 2.89. The number of hydrogen-bond acceptors (Lipinski definition) is 2. The summed E-state index contributed by atoms with van der Waals surface area (Å²) in [6.07, 6.45) is 7.29. The summed E-state index contributed by atoms with van der Waals surface area (Å²) in [5.41, 5.74) is 4.46. The summed E-state index contributed by atoms with van der Waals surface area (Å²) in [4.78, 5) is 0. The van der Waals surface area contributed by atoms with Crippen molar-refractivity contribution in [1.82, 2.24) is 5.32 Å². The predicted molar refractivity (Wildman–Crippen MR) is 71.7 cm³/mol. The minimum atomic E-state index is 0.490. The van der Waals surface area contributed by atoms with Crippen molar-refractivity contribution >= 4 is 0 Å². The molecule has 3 aliphatic rings. The van der Waals surface area contributed by atoms with Gasteiger partial charge in [-0.15, -0.1) is 0 Å². The third-order valence-electron chi connectivity index (χ3n) is 4.90. The number of ether oxygens (including phenoxy) is 1. The Morgan fingerprint density at radius 3 is 2.94 bits per heavy atom. The van der Waals surface area contributed by atoms with Gasteiger partial charge < -0.3 is 10.1 Å². The lowest BCUT2D eigenvalue weighted by atomic mass is 9.94. The molecular formula is C16H21NO. The molecule has 4 unspecified atom stereocenters. The van der Waals surface area contributed by atoms with E-state index in [2.05, 4.69) is 30.4 Å². The smallest absolute Gasteiger partial charge is 0.0733 e. The Bertz CT molecular complexity index is 470. The van der Waals surface area contributed by atoms with Crippen molar-refractivity contribution in [3.8, 4) is 0 Å². The van der Waals surface area contributed by atoms with Gasteiger partial charge in [0.15, 0.2) is 0 Å². The number of benzene rings is 1. The van der Waals surface area contributed by atoms with Gasteiger partial charge in [0.05, 0.1) is 12.2 Å². The number of hydrogen-bond donors (Lipinski definition) is 1. The minimum absolute atomic E-state index is 0.490. The Labute approximate surface area is 109 Å². The maximum absolute atomic E-state index is 5.94. The molecule has 2 heteroatoms. The highest BCUT2D eigenvalue weighted by molar-refractivity contribution is 5.37. The zero-order chi connectivity index (χ0) is 12.1. The lowest BCUT2D eigenvalue weighted by molar-refractivity contribution is 0.0960. The van der Waals surface area contributed by atoms with Crippen molar-refractivity contribution in [1.29, 1.82) is 0 Å². The van der Waals surface area contributed by atoms with Crippen LogP contribution in [0.5, 0.6) is 0 Å². The third-order valence-corrected chi connectivity index (χ3v) is 4.90. The minimum Gasteiger partial charge on any atom is -0.373 e. The lowest BCUT2D eigenvalue weighted by Gasteiger charge is -2.25. The fraction of sp³-hybridized carbons (Fsp3) is 0.625. The van der Waals surface area contributed by atoms with Gasteiger partial charge in [-0.3, -0.25) is 0 Å². The van der Waals surface area contributed by atoms with Gasteiger partial charge in [0, 0.05) is 12.1 Å². The van der Waals surface area contributed by atoms with E-state index in [1.165, 1.54) is 43.2 Å². The van der Waals surface area contributed by atoms with Crippen LogP contribution in [0.3, 0.4) is 0 Å². The Kier molecular flexibility index (Phi) is 2.49. The highest BCUT2D eigenvalue weighted by Crippen LogP contribution is 2.38. The van der Waals surface area contributed by atoms with Gasteiger partial charge in [0.2, 0.25) is 0 Å². The van der Waals surface area contributed by atoms with Gasteiger partial charge >= 0.3 is 0 Å². The maximum atomic E-state index is 5.94. The van der Waals surface area contributed by atoms with Gasteiger partial charge in [0.1, 0.15) is 0 Å². The average molecular weight is 243 g/mol. The summed E-state index contributed by atoms with van der Waals surface area (Å²) in [5.74, 6) is 0. The molecule has 4 rings (SSSR count). The first kappa shape index (κ1) is 11.0. The molecule has 2 nitrogen and oxygen atoms in total. The van der Waals surface area contributed by atoms with E-state index in [1.807, 2.05) is 0 Å². The molecule has 2 heterocycles. The first-order valence-corrected chi connectivity index (χ1v) is 7.30. The maximum Gasteiger partial charge on any atom is 0.0733 e. The van der Waals surface area contributed by atoms with Crippen LogP contribution in [0.2, 0.25) is 0 Å². The Morgan fingerprint density at radius 1 is 1.22 bits per heavy atom. The second-order valence-electron chi connectivity index (χ2n) is 6.18. The molecule has 0 radical (unpaired) electrons. The second kappa shape index (κ2) is 4.07. The largest absolute Gasteiger partial charge is 0.373 e. The van der Waals surface area contributed by atoms with Crippen LogP contribution in [0.15, 0.2) is 18.2 Å². The Hall–Kier alpha value is -0.860. The van der Waals surface area contributed by atoms with Crippen molar-refractivity contribution in [3.63, 3.8) is 0 Å². The molecule has 96 valence electrons. The fourth-order valence-corrected chi connectivity index (χ4v) is 3.97. The quantitative estimate of drug-likeness (QED) is 0.862. The van der Waals surface area contributed by atoms with Crippen molar-refractivity contribution in [3.05, 3.63) is 34.9 Å². The van der Waals surface area contributed by atoms with Gasteiger partial charge in [-0.2, -0.15) is 0 Å². The van der Waals surface area contributed by atoms with E-state index in [0.717, 1.165) is 0 Å². The summed E-state index contributed by atoms with van der Waals surface area (Å²) >= 11 is 0. The van der Waals surface area contributed by atoms with Crippen molar-refractivity contribution in [2.45, 2.75) is 63.3 Å². The molecule has 1 N–H and O–H groups in total. The molecule has 18 heavy (non-hydrogen) atoms. The van der Waals surface area contributed by atoms with Gasteiger partial charge in [-0.05, 0) is 50.2 Å². The van der Waals surface area contributed by atoms with Crippen molar-refractivity contribution < 1.29 is 4.74 Å². The molecule has 2 saturated heterocycles. The topological polar surface area (TPSA) is 21.3 Å². The molecule has 0 amide bonds. The summed E-state index contributed by atoms with van der Waals surface area (Å²) in [6, 6.07) is 8.08. The highest BCUT2D eigenvalue weighted by Gasteiger charge is 2.41. The molecular weight excluding hydrogens is 222 g/mol. The van der Waals surface area contributed by atoms with Gasteiger partial charge in [0.25, 0.3) is 0 Å². The van der Waals surface area contributed by atoms with Crippen molar-refractivity contribution in [2.75, 3.05) is 0 Å². The molecule has 2 aliphatic heterocycles. The molecule has 2 fully saturated rings. The number of fused-ring (bicyclic) bond motifs is 3. The monoisotopic (exact) mass is 243 g/mol. The zero-order valence-corrected chi connectivity index (χ0v) is 11.0. The summed E-state index contributed by atoms with van der Waals surface area (Å²) < 4.78 is 5.94. The zero-order valence-electron chi connectivity index (χ0n) is 11.0. The SMILES string of the molecule is Cc1ccc2c(c1)C(NC1CC3CCC1O3)CC2. The van der Waals surface area contributed by atoms with E-state index < -0.39 is 0 Å². The van der Waals surface area contributed by atoms with Crippen LogP contribution in [0.4, 0.5) is 0 Å². The van der Waals surface area contributed by atoms with E-state index in [9.17, 15) is 0 Å². The molecule has 0 saturated carbocycles. The van der Waals surface area contributed by atoms with E-state index in [-0.39, 0.29) is 0 Å². The van der Waals surface area contributed by atoms with Crippen LogP contribution in [-0.4, -0.2) is 18.2 Å². The molecule has 0 spiro atoms. The standard InChI is InChI=1S/C16H21NO/c1-10-2-3-11-4-6-14(13(11)8-10)17-15-9-12-5-7-16(15)18-12/h2-3,8,12,14-17H,4-7,9H2,1H3. The van der Waals surface area contributed by atoms with Gasteiger partial charge in [-0.25, -0.2) is 0 Å². The molecule has 0 aromatic heterocycles. The molecule has 1 aliphatic carbocycles. The average Bonchev–Trinajstić information content (AvgIpc) is 3.05. The Morgan fingerprint density at radius 2 is 2.17 bits per heavy atom. The van der Waals surface area contributed by atoms with E-state index >= 15 is 0 Å². The molecule has 2 bridgehead atoms. The van der Waals surface area contributed by atoms with E-state index in [4.69, 9.17) is 4.74 Å². The van der Waals surface area contributed by atoms with Crippen LogP contribution in [0.25, 0.3) is 0 Å². The van der Waals surface area contributed by atoms with Crippen LogP contribution in [0.1, 0.15) is 48.4 Å². The number of nitrogens with one attached hydrogen (secondary N) is 1. The first-order chi connectivity index (χ1) is 8.79.